The summed E-state index contributed by atoms with van der Waals surface area (Å²) < 4.78 is 5.58. The number of pyridine rings is 1. The lowest BCUT2D eigenvalue weighted by Gasteiger charge is -2.10. The first-order valence-electron chi connectivity index (χ1n) is 5.36. The molecule has 0 saturated heterocycles. The molecule has 0 aliphatic rings. The van der Waals surface area contributed by atoms with Crippen molar-refractivity contribution in [3.8, 4) is 5.75 Å². The van der Waals surface area contributed by atoms with Gasteiger partial charge < -0.3 is 10.5 Å². The van der Waals surface area contributed by atoms with Gasteiger partial charge in [-0.15, -0.1) is 0 Å². The third-order valence-electron chi connectivity index (χ3n) is 2.41. The van der Waals surface area contributed by atoms with Crippen LogP contribution >= 0.6 is 23.2 Å². The second kappa shape index (κ2) is 5.46. The fraction of sp³-hybridized carbons (Fsp3) is 0.154. The van der Waals surface area contributed by atoms with Crippen LogP contribution in [0, 0.1) is 6.92 Å². The maximum atomic E-state index is 6.10. The molecule has 0 radical (unpaired) electrons. The molecule has 3 nitrogen and oxygen atoms in total. The third-order valence-corrected chi connectivity index (χ3v) is 3.06. The van der Waals surface area contributed by atoms with Gasteiger partial charge in [0.05, 0.1) is 5.02 Å². The average molecular weight is 283 g/mol. The molecule has 0 saturated carbocycles. The van der Waals surface area contributed by atoms with Gasteiger partial charge in [0, 0.05) is 16.9 Å². The van der Waals surface area contributed by atoms with Crippen molar-refractivity contribution in [2.24, 2.45) is 0 Å². The number of aromatic nitrogens is 1. The first kappa shape index (κ1) is 13.0. The number of benzene rings is 1. The van der Waals surface area contributed by atoms with Crippen molar-refractivity contribution in [3.05, 3.63) is 51.8 Å². The molecule has 2 rings (SSSR count). The molecule has 0 amide bonds. The summed E-state index contributed by atoms with van der Waals surface area (Å²) in [5.41, 5.74) is 7.74. The zero-order valence-electron chi connectivity index (χ0n) is 9.78. The van der Waals surface area contributed by atoms with E-state index in [-0.39, 0.29) is 6.61 Å². The second-order valence-electron chi connectivity index (χ2n) is 3.87. The lowest BCUT2D eigenvalue weighted by molar-refractivity contribution is 0.306. The van der Waals surface area contributed by atoms with E-state index in [1.54, 1.807) is 30.3 Å². The van der Waals surface area contributed by atoms with E-state index in [2.05, 4.69) is 4.98 Å². The summed E-state index contributed by atoms with van der Waals surface area (Å²) in [6.45, 7) is 2.11. The topological polar surface area (TPSA) is 48.1 Å². The monoisotopic (exact) mass is 282 g/mol. The number of nitrogens with two attached hydrogens (primary N) is 1. The highest BCUT2D eigenvalue weighted by molar-refractivity contribution is 6.35. The van der Waals surface area contributed by atoms with E-state index in [4.69, 9.17) is 33.7 Å². The first-order valence-corrected chi connectivity index (χ1v) is 6.11. The molecule has 0 spiro atoms. The van der Waals surface area contributed by atoms with Crippen molar-refractivity contribution in [3.63, 3.8) is 0 Å². The van der Waals surface area contributed by atoms with Gasteiger partial charge in [-0.1, -0.05) is 23.2 Å². The van der Waals surface area contributed by atoms with Crippen molar-refractivity contribution < 1.29 is 4.74 Å². The van der Waals surface area contributed by atoms with Gasteiger partial charge in [0.1, 0.15) is 17.5 Å². The molecule has 18 heavy (non-hydrogen) atoms. The van der Waals surface area contributed by atoms with Crippen LogP contribution < -0.4 is 10.5 Å². The molecule has 0 fully saturated rings. The fourth-order valence-electron chi connectivity index (χ4n) is 1.47. The average Bonchev–Trinajstić information content (AvgIpc) is 2.30. The van der Waals surface area contributed by atoms with Crippen LogP contribution in [0.4, 0.5) is 5.69 Å². The molecule has 0 atom stereocenters. The maximum absolute atomic E-state index is 6.10. The van der Waals surface area contributed by atoms with Gasteiger partial charge in [-0.2, -0.15) is 0 Å². The smallest absolute Gasteiger partial charge is 0.137 e. The predicted octanol–water partition coefficient (Wildman–Crippen LogP) is 3.86. The predicted molar refractivity (Wildman–Crippen MR) is 74.2 cm³/mol. The Hall–Kier alpha value is -1.45. The standard InChI is InChI=1S/C13H12Cl2N2O/c1-8-6-12(14)11(13(15)17-8)7-18-10-4-2-9(16)3-5-10/h2-6H,7,16H2,1H3. The highest BCUT2D eigenvalue weighted by Crippen LogP contribution is 2.25. The van der Waals surface area contributed by atoms with Gasteiger partial charge in [0.25, 0.3) is 0 Å². The van der Waals surface area contributed by atoms with Gasteiger partial charge >= 0.3 is 0 Å². The van der Waals surface area contributed by atoms with Crippen LogP contribution in [0.1, 0.15) is 11.3 Å². The number of nitrogen functional groups attached to an aromatic ring is 1. The Morgan fingerprint density at radius 3 is 2.50 bits per heavy atom. The largest absolute Gasteiger partial charge is 0.489 e. The number of ether oxygens (including phenoxy) is 1. The van der Waals surface area contributed by atoms with Crippen molar-refractivity contribution >= 4 is 28.9 Å². The Balaban J connectivity index is 2.13. The van der Waals surface area contributed by atoms with Gasteiger partial charge in [-0.05, 0) is 37.3 Å². The summed E-state index contributed by atoms with van der Waals surface area (Å²) >= 11 is 12.1. The Kier molecular flexibility index (Phi) is 3.94. The molecule has 0 bridgehead atoms. The van der Waals surface area contributed by atoms with Crippen LogP contribution in [0.25, 0.3) is 0 Å². The molecule has 1 aromatic heterocycles. The highest BCUT2D eigenvalue weighted by Gasteiger charge is 2.09. The van der Waals surface area contributed by atoms with Crippen molar-refractivity contribution in [2.45, 2.75) is 13.5 Å². The number of aryl methyl sites for hydroxylation is 1. The number of hydrogen-bond donors (Lipinski definition) is 1. The van der Waals surface area contributed by atoms with Crippen LogP contribution in [0.3, 0.4) is 0 Å². The molecule has 5 heteroatoms. The summed E-state index contributed by atoms with van der Waals surface area (Å²) in [6.07, 6.45) is 0. The van der Waals surface area contributed by atoms with E-state index >= 15 is 0 Å². The molecular weight excluding hydrogens is 271 g/mol. The van der Waals surface area contributed by atoms with E-state index in [0.29, 0.717) is 27.2 Å². The van der Waals surface area contributed by atoms with Crippen LogP contribution in [0.15, 0.2) is 30.3 Å². The van der Waals surface area contributed by atoms with Crippen LogP contribution in [0.2, 0.25) is 10.2 Å². The van der Waals surface area contributed by atoms with E-state index in [0.717, 1.165) is 5.69 Å². The van der Waals surface area contributed by atoms with Crippen molar-refractivity contribution in [1.29, 1.82) is 0 Å². The fourth-order valence-corrected chi connectivity index (χ4v) is 2.11. The minimum absolute atomic E-state index is 0.273. The molecule has 2 aromatic rings. The summed E-state index contributed by atoms with van der Waals surface area (Å²) in [5, 5.41) is 0.929. The van der Waals surface area contributed by atoms with Crippen molar-refractivity contribution in [1.82, 2.24) is 4.98 Å². The Labute approximate surface area is 115 Å². The van der Waals surface area contributed by atoms with E-state index in [9.17, 15) is 0 Å². The Bertz CT molecular complexity index is 532. The highest BCUT2D eigenvalue weighted by atomic mass is 35.5. The van der Waals surface area contributed by atoms with Gasteiger partial charge in [0.2, 0.25) is 0 Å². The summed E-state index contributed by atoms with van der Waals surface area (Å²) in [7, 11) is 0. The summed E-state index contributed by atoms with van der Waals surface area (Å²) in [5.74, 6) is 0.705. The Morgan fingerprint density at radius 2 is 1.89 bits per heavy atom. The molecular formula is C13H12Cl2N2O. The first-order chi connectivity index (χ1) is 8.56. The number of hydrogen-bond acceptors (Lipinski definition) is 3. The molecule has 0 unspecified atom stereocenters. The zero-order chi connectivity index (χ0) is 13.1. The molecule has 0 aliphatic heterocycles. The lowest BCUT2D eigenvalue weighted by atomic mass is 10.2. The number of nitrogens with zero attached hydrogens (tertiary/aromatic N) is 1. The van der Waals surface area contributed by atoms with E-state index in [1.165, 1.54) is 0 Å². The van der Waals surface area contributed by atoms with Crippen LogP contribution in [0.5, 0.6) is 5.75 Å². The van der Waals surface area contributed by atoms with Gasteiger partial charge in [-0.3, -0.25) is 0 Å². The molecule has 94 valence electrons. The SMILES string of the molecule is Cc1cc(Cl)c(COc2ccc(N)cc2)c(Cl)n1. The lowest BCUT2D eigenvalue weighted by Crippen LogP contribution is -2.00. The van der Waals surface area contributed by atoms with Crippen LogP contribution in [-0.2, 0) is 6.61 Å². The molecule has 0 aliphatic carbocycles. The second-order valence-corrected chi connectivity index (χ2v) is 4.64. The number of rotatable bonds is 3. The van der Waals surface area contributed by atoms with E-state index < -0.39 is 0 Å². The molecule has 2 N–H and O–H groups in total. The van der Waals surface area contributed by atoms with Gasteiger partial charge in [0.15, 0.2) is 0 Å². The normalized spacial score (nSPS) is 10.4. The van der Waals surface area contributed by atoms with Crippen LogP contribution in [-0.4, -0.2) is 4.98 Å². The minimum Gasteiger partial charge on any atom is -0.489 e. The number of halogens is 2. The summed E-state index contributed by atoms with van der Waals surface area (Å²) in [6, 6.07) is 8.88. The molecule has 1 heterocycles. The van der Waals surface area contributed by atoms with E-state index in [1.807, 2.05) is 6.92 Å². The quantitative estimate of drug-likeness (QED) is 0.687. The minimum atomic E-state index is 0.273. The summed E-state index contributed by atoms with van der Waals surface area (Å²) in [4.78, 5) is 4.14. The number of anilines is 1. The Morgan fingerprint density at radius 1 is 1.22 bits per heavy atom. The zero-order valence-corrected chi connectivity index (χ0v) is 11.3. The maximum Gasteiger partial charge on any atom is 0.137 e. The molecule has 1 aromatic carbocycles. The third kappa shape index (κ3) is 3.06. The van der Waals surface area contributed by atoms with Crippen molar-refractivity contribution in [2.75, 3.05) is 5.73 Å². The van der Waals surface area contributed by atoms with Gasteiger partial charge in [-0.25, -0.2) is 4.98 Å².